The van der Waals surface area contributed by atoms with E-state index in [1.807, 2.05) is 19.9 Å². The van der Waals surface area contributed by atoms with E-state index in [0.29, 0.717) is 22.5 Å². The van der Waals surface area contributed by atoms with E-state index in [2.05, 4.69) is 5.32 Å². The number of fused-ring (bicyclic) bond motifs is 1. The molecule has 3 aromatic rings. The van der Waals surface area contributed by atoms with Gasteiger partial charge in [0.05, 0.1) is 12.0 Å². The first kappa shape index (κ1) is 20.1. The highest BCUT2D eigenvalue weighted by molar-refractivity contribution is 6.04. The Kier molecular flexibility index (Phi) is 5.36. The van der Waals surface area contributed by atoms with Crippen molar-refractivity contribution in [3.8, 4) is 5.75 Å². The lowest BCUT2D eigenvalue weighted by atomic mass is 10.0. The SMILES string of the molecule is COc1cc2oc(C)c(C)c2cc1/C(C)=C/C(=O)Nc1ccc(F)c([N+](=O)[O-])c1. The van der Waals surface area contributed by atoms with Crippen molar-refractivity contribution in [2.75, 3.05) is 12.4 Å². The first-order valence-corrected chi connectivity index (χ1v) is 8.72. The number of nitro groups is 1. The Morgan fingerprint density at radius 3 is 2.66 bits per heavy atom. The van der Waals surface area contributed by atoms with Crippen LogP contribution in [-0.2, 0) is 4.79 Å². The van der Waals surface area contributed by atoms with Crippen LogP contribution in [0.5, 0.6) is 5.75 Å². The summed E-state index contributed by atoms with van der Waals surface area (Å²) in [6.45, 7) is 5.57. The fraction of sp³-hybridized carbons (Fsp3) is 0.190. The van der Waals surface area contributed by atoms with Gasteiger partial charge in [-0.1, -0.05) is 0 Å². The van der Waals surface area contributed by atoms with Crippen molar-refractivity contribution in [1.29, 1.82) is 0 Å². The van der Waals surface area contributed by atoms with Crippen LogP contribution in [0.4, 0.5) is 15.8 Å². The van der Waals surface area contributed by atoms with E-state index in [-0.39, 0.29) is 5.69 Å². The average Bonchev–Trinajstić information content (AvgIpc) is 2.95. The highest BCUT2D eigenvalue weighted by Crippen LogP contribution is 2.34. The summed E-state index contributed by atoms with van der Waals surface area (Å²) >= 11 is 0. The van der Waals surface area contributed by atoms with Gasteiger partial charge in [0.1, 0.15) is 17.1 Å². The fourth-order valence-electron chi connectivity index (χ4n) is 3.03. The number of nitro benzene ring substituents is 1. The van der Waals surface area contributed by atoms with Crippen molar-refractivity contribution in [2.45, 2.75) is 20.8 Å². The number of ether oxygens (including phenoxy) is 1. The summed E-state index contributed by atoms with van der Waals surface area (Å²) in [5.41, 5.74) is 2.44. The highest BCUT2D eigenvalue weighted by atomic mass is 19.1. The summed E-state index contributed by atoms with van der Waals surface area (Å²) in [7, 11) is 1.53. The summed E-state index contributed by atoms with van der Waals surface area (Å²) in [4.78, 5) is 22.4. The molecule has 0 aliphatic carbocycles. The molecule has 0 aliphatic rings. The molecule has 0 saturated heterocycles. The lowest BCUT2D eigenvalue weighted by Gasteiger charge is -2.10. The highest BCUT2D eigenvalue weighted by Gasteiger charge is 2.16. The van der Waals surface area contributed by atoms with Crippen molar-refractivity contribution in [3.05, 3.63) is 69.2 Å². The van der Waals surface area contributed by atoms with Gasteiger partial charge >= 0.3 is 5.69 Å². The minimum atomic E-state index is -0.969. The molecule has 29 heavy (non-hydrogen) atoms. The number of nitrogens with zero attached hydrogens (tertiary/aromatic N) is 1. The summed E-state index contributed by atoms with van der Waals surface area (Å²) in [6.07, 6.45) is 1.35. The van der Waals surface area contributed by atoms with Crippen LogP contribution in [0.2, 0.25) is 0 Å². The Bertz CT molecular complexity index is 1160. The molecule has 0 saturated carbocycles. The van der Waals surface area contributed by atoms with Crippen molar-refractivity contribution in [2.24, 2.45) is 0 Å². The smallest absolute Gasteiger partial charge is 0.306 e. The van der Waals surface area contributed by atoms with Crippen LogP contribution in [0.25, 0.3) is 16.5 Å². The fourth-order valence-corrected chi connectivity index (χ4v) is 3.03. The van der Waals surface area contributed by atoms with Crippen LogP contribution in [0.1, 0.15) is 23.8 Å². The van der Waals surface area contributed by atoms with E-state index in [1.165, 1.54) is 19.3 Å². The molecule has 1 aromatic heterocycles. The average molecular weight is 398 g/mol. The number of amides is 1. The first-order chi connectivity index (χ1) is 13.7. The molecule has 1 heterocycles. The third-order valence-electron chi connectivity index (χ3n) is 4.68. The van der Waals surface area contributed by atoms with Gasteiger partial charge in [-0.25, -0.2) is 0 Å². The van der Waals surface area contributed by atoms with Gasteiger partial charge in [-0.15, -0.1) is 0 Å². The van der Waals surface area contributed by atoms with E-state index < -0.39 is 22.3 Å². The molecule has 0 aliphatic heterocycles. The predicted octanol–water partition coefficient (Wildman–Crippen LogP) is 5.15. The monoisotopic (exact) mass is 398 g/mol. The van der Waals surface area contributed by atoms with Gasteiger partial charge in [-0.3, -0.25) is 14.9 Å². The van der Waals surface area contributed by atoms with Crippen LogP contribution < -0.4 is 10.1 Å². The van der Waals surface area contributed by atoms with Crippen LogP contribution in [-0.4, -0.2) is 17.9 Å². The number of methoxy groups -OCH3 is 1. The van der Waals surface area contributed by atoms with E-state index in [1.54, 1.807) is 13.0 Å². The van der Waals surface area contributed by atoms with Crippen LogP contribution in [0.3, 0.4) is 0 Å². The number of halogens is 1. The lowest BCUT2D eigenvalue weighted by Crippen LogP contribution is -2.09. The molecular formula is C21H19FN2O5. The number of hydrogen-bond acceptors (Lipinski definition) is 5. The molecule has 2 aromatic carbocycles. The van der Waals surface area contributed by atoms with Crippen molar-refractivity contribution in [3.63, 3.8) is 0 Å². The van der Waals surface area contributed by atoms with Gasteiger partial charge in [0.15, 0.2) is 0 Å². The quantitative estimate of drug-likeness (QED) is 0.364. The molecule has 8 heteroatoms. The molecule has 3 rings (SSSR count). The molecule has 0 spiro atoms. The second-order valence-corrected chi connectivity index (χ2v) is 6.57. The maximum absolute atomic E-state index is 13.4. The molecule has 0 fully saturated rings. The molecule has 0 radical (unpaired) electrons. The number of rotatable bonds is 5. The zero-order valence-electron chi connectivity index (χ0n) is 16.3. The number of hydrogen-bond donors (Lipinski definition) is 1. The van der Waals surface area contributed by atoms with E-state index in [4.69, 9.17) is 9.15 Å². The molecule has 1 N–H and O–H groups in total. The largest absolute Gasteiger partial charge is 0.496 e. The number of furan rings is 1. The summed E-state index contributed by atoms with van der Waals surface area (Å²) in [5, 5.41) is 14.3. The second-order valence-electron chi connectivity index (χ2n) is 6.57. The molecular weight excluding hydrogens is 379 g/mol. The molecule has 7 nitrogen and oxygen atoms in total. The lowest BCUT2D eigenvalue weighted by molar-refractivity contribution is -0.387. The van der Waals surface area contributed by atoms with Crippen molar-refractivity contribution < 1.29 is 23.3 Å². The number of carbonyl (C=O) groups excluding carboxylic acids is 1. The molecule has 0 bridgehead atoms. The van der Waals surface area contributed by atoms with Gasteiger partial charge in [0, 0.05) is 34.8 Å². The Labute approximate surface area is 165 Å². The van der Waals surface area contributed by atoms with Crippen molar-refractivity contribution >= 4 is 33.8 Å². The van der Waals surface area contributed by atoms with E-state index >= 15 is 0 Å². The Morgan fingerprint density at radius 2 is 2.00 bits per heavy atom. The van der Waals surface area contributed by atoms with Crippen LogP contribution >= 0.6 is 0 Å². The van der Waals surface area contributed by atoms with E-state index in [9.17, 15) is 19.3 Å². The first-order valence-electron chi connectivity index (χ1n) is 8.72. The number of aryl methyl sites for hydroxylation is 2. The third-order valence-corrected chi connectivity index (χ3v) is 4.68. The number of anilines is 1. The normalized spacial score (nSPS) is 11.6. The number of nitrogens with one attached hydrogen (secondary N) is 1. The van der Waals surface area contributed by atoms with E-state index in [0.717, 1.165) is 28.8 Å². The van der Waals surface area contributed by atoms with Crippen LogP contribution in [0, 0.1) is 29.8 Å². The van der Waals surface area contributed by atoms with Gasteiger partial charge in [0.2, 0.25) is 11.7 Å². The Hall–Kier alpha value is -3.68. The molecule has 0 unspecified atom stereocenters. The second kappa shape index (κ2) is 7.75. The minimum Gasteiger partial charge on any atom is -0.496 e. The van der Waals surface area contributed by atoms with Crippen LogP contribution in [0.15, 0.2) is 40.8 Å². The summed E-state index contributed by atoms with van der Waals surface area (Å²) in [5.74, 6) is -0.129. The van der Waals surface area contributed by atoms with Gasteiger partial charge in [-0.05, 0) is 50.1 Å². The summed E-state index contributed by atoms with van der Waals surface area (Å²) < 4.78 is 24.6. The van der Waals surface area contributed by atoms with Gasteiger partial charge in [-0.2, -0.15) is 4.39 Å². The predicted molar refractivity (Wildman–Crippen MR) is 108 cm³/mol. The van der Waals surface area contributed by atoms with Crippen molar-refractivity contribution in [1.82, 2.24) is 0 Å². The summed E-state index contributed by atoms with van der Waals surface area (Å²) in [6, 6.07) is 6.82. The third kappa shape index (κ3) is 3.96. The maximum Gasteiger partial charge on any atom is 0.306 e. The van der Waals surface area contributed by atoms with Gasteiger partial charge < -0.3 is 14.5 Å². The Balaban J connectivity index is 1.92. The zero-order chi connectivity index (χ0) is 21.3. The maximum atomic E-state index is 13.4. The molecule has 0 atom stereocenters. The number of benzene rings is 2. The molecule has 150 valence electrons. The standard InChI is InChI=1S/C21H19FN2O5/c1-11(7-21(25)23-14-5-6-17(22)18(8-14)24(26)27)15-9-16-12(2)13(3)29-20(16)10-19(15)28-4/h5-10H,1-4H3,(H,23,25)/b11-7+. The topological polar surface area (TPSA) is 94.6 Å². The zero-order valence-corrected chi connectivity index (χ0v) is 16.3. The van der Waals surface area contributed by atoms with Gasteiger partial charge in [0.25, 0.3) is 0 Å². The number of allylic oxidation sites excluding steroid dienone is 1. The Morgan fingerprint density at radius 1 is 1.28 bits per heavy atom. The number of carbonyl (C=O) groups is 1. The molecule has 1 amide bonds. The minimum absolute atomic E-state index is 0.121.